The van der Waals surface area contributed by atoms with E-state index in [1.165, 1.54) is 0 Å². The van der Waals surface area contributed by atoms with Crippen molar-refractivity contribution in [3.8, 4) is 11.3 Å². The number of amides is 1. The van der Waals surface area contributed by atoms with Gasteiger partial charge in [0.15, 0.2) is 5.82 Å². The van der Waals surface area contributed by atoms with Crippen LogP contribution in [0.15, 0.2) is 43.1 Å². The molecule has 1 amide bonds. The van der Waals surface area contributed by atoms with Gasteiger partial charge in [0.25, 0.3) is 0 Å². The highest BCUT2D eigenvalue weighted by atomic mass is 19.1. The van der Waals surface area contributed by atoms with Crippen LogP contribution in [0.2, 0.25) is 0 Å². The Morgan fingerprint density at radius 2 is 1.97 bits per heavy atom. The first-order chi connectivity index (χ1) is 16.3. The number of hydrogen-bond donors (Lipinski definition) is 4. The molecule has 1 saturated carbocycles. The molecule has 0 atom stereocenters. The maximum absolute atomic E-state index is 11.9. The summed E-state index contributed by atoms with van der Waals surface area (Å²) in [6, 6.07) is 3.77. The minimum absolute atomic E-state index is 0.0255. The lowest BCUT2D eigenvalue weighted by molar-refractivity contribution is 0.191. The third kappa shape index (κ3) is 7.29. The highest BCUT2D eigenvalue weighted by Gasteiger charge is 2.12. The van der Waals surface area contributed by atoms with Crippen LogP contribution in [0.5, 0.6) is 0 Å². The first kappa shape index (κ1) is 24.7. The maximum atomic E-state index is 11.9. The molecule has 0 bridgehead atoms. The van der Waals surface area contributed by atoms with E-state index >= 15 is 0 Å². The van der Waals surface area contributed by atoms with Crippen LogP contribution in [0.3, 0.4) is 0 Å². The number of aryl methyl sites for hydroxylation is 1. The minimum atomic E-state index is -0.963. The Balaban J connectivity index is 0.000000205. The fourth-order valence-corrected chi connectivity index (χ4v) is 3.29. The van der Waals surface area contributed by atoms with Gasteiger partial charge in [-0.2, -0.15) is 15.3 Å². The monoisotopic (exact) mass is 471 g/mol. The van der Waals surface area contributed by atoms with E-state index in [9.17, 15) is 9.18 Å². The maximum Gasteiger partial charge on any atom is 0.404 e. The smallest absolute Gasteiger partial charge is 0.404 e. The van der Waals surface area contributed by atoms with Gasteiger partial charge in [-0.05, 0) is 32.8 Å². The van der Waals surface area contributed by atoms with Gasteiger partial charge in [0.05, 0.1) is 30.5 Å². The lowest BCUT2D eigenvalue weighted by Crippen LogP contribution is -2.27. The van der Waals surface area contributed by atoms with Gasteiger partial charge in [0.1, 0.15) is 17.5 Å². The summed E-state index contributed by atoms with van der Waals surface area (Å²) >= 11 is 0. The number of aromatic nitrogens is 7. The van der Waals surface area contributed by atoms with E-state index in [1.54, 1.807) is 41.6 Å². The van der Waals surface area contributed by atoms with Gasteiger partial charge >= 0.3 is 6.09 Å². The molecule has 34 heavy (non-hydrogen) atoms. The van der Waals surface area contributed by atoms with Crippen molar-refractivity contribution in [3.63, 3.8) is 0 Å². The number of anilines is 2. The van der Waals surface area contributed by atoms with Crippen molar-refractivity contribution in [2.24, 2.45) is 7.05 Å². The molecule has 0 saturated heterocycles. The largest absolute Gasteiger partial charge is 0.465 e. The number of carbonyl (C=O) groups is 1. The Morgan fingerprint density at radius 3 is 2.47 bits per heavy atom. The van der Waals surface area contributed by atoms with E-state index < -0.39 is 12.3 Å². The van der Waals surface area contributed by atoms with Crippen molar-refractivity contribution in [3.05, 3.63) is 43.1 Å². The van der Waals surface area contributed by atoms with Gasteiger partial charge in [0.2, 0.25) is 0 Å². The van der Waals surface area contributed by atoms with Crippen LogP contribution in [-0.2, 0) is 7.05 Å². The predicted molar refractivity (Wildman–Crippen MR) is 127 cm³/mol. The topological polar surface area (TPSA) is 138 Å². The van der Waals surface area contributed by atoms with E-state index in [2.05, 4.69) is 36.0 Å². The van der Waals surface area contributed by atoms with Crippen molar-refractivity contribution in [2.75, 3.05) is 5.32 Å². The lowest BCUT2D eigenvalue weighted by Gasteiger charge is -2.07. The molecule has 4 N–H and O–H groups in total. The first-order valence-corrected chi connectivity index (χ1v) is 11.0. The Hall–Kier alpha value is -3.96. The molecule has 4 aromatic rings. The summed E-state index contributed by atoms with van der Waals surface area (Å²) in [5.74, 6) is 1.48. The number of carboxylic acid groups (broad SMARTS) is 1. The fourth-order valence-electron chi connectivity index (χ4n) is 3.29. The van der Waals surface area contributed by atoms with Crippen LogP contribution in [0.4, 0.5) is 20.8 Å². The SMILES string of the molecule is CC(C)NC(=O)O.Cn1cc(-c2cn3nccc3c(Nc3ccn[nH]3)n2)cn1.FC1CCCC1. The molecule has 0 unspecified atom stereocenters. The van der Waals surface area contributed by atoms with Gasteiger partial charge in [-0.1, -0.05) is 12.8 Å². The van der Waals surface area contributed by atoms with E-state index in [1.807, 2.05) is 31.6 Å². The van der Waals surface area contributed by atoms with Crippen LogP contribution in [0, 0.1) is 0 Å². The summed E-state index contributed by atoms with van der Waals surface area (Å²) in [5.41, 5.74) is 2.61. The molecule has 1 aliphatic rings. The number of H-pyrrole nitrogens is 1. The Morgan fingerprint density at radius 1 is 1.21 bits per heavy atom. The van der Waals surface area contributed by atoms with Crippen molar-refractivity contribution < 1.29 is 14.3 Å². The second-order valence-corrected chi connectivity index (χ2v) is 8.12. The number of halogens is 1. The van der Waals surface area contributed by atoms with Gasteiger partial charge in [-0.15, -0.1) is 0 Å². The lowest BCUT2D eigenvalue weighted by atomic mass is 10.2. The van der Waals surface area contributed by atoms with Crippen LogP contribution in [-0.4, -0.2) is 58.0 Å². The van der Waals surface area contributed by atoms with E-state index in [0.717, 1.165) is 48.3 Å². The summed E-state index contributed by atoms with van der Waals surface area (Å²) in [6.07, 6.45) is 11.4. The second kappa shape index (κ2) is 11.8. The van der Waals surface area contributed by atoms with E-state index in [4.69, 9.17) is 5.11 Å². The van der Waals surface area contributed by atoms with Gasteiger partial charge < -0.3 is 15.7 Å². The second-order valence-electron chi connectivity index (χ2n) is 8.12. The molecule has 1 fully saturated rings. The van der Waals surface area contributed by atoms with Crippen LogP contribution >= 0.6 is 0 Å². The average Bonchev–Trinajstić information content (AvgIpc) is 3.56. The van der Waals surface area contributed by atoms with Gasteiger partial charge in [0, 0.05) is 30.9 Å². The molecule has 1 aliphatic carbocycles. The Labute approximate surface area is 196 Å². The standard InChI is InChI=1S/C13H12N8.C5H9F.C4H9NO2/c1-20-7-9(6-16-20)10-8-21-11(2-5-15-21)13(17-10)18-12-3-4-14-19-12;6-5-3-1-2-4-5;1-3(2)5-4(6)7/h2-8H,1H3,(H2,14,17,18,19);5H,1-4H2;3,5H,1-2H3,(H,6,7). The molecule has 0 aromatic carbocycles. The zero-order valence-corrected chi connectivity index (χ0v) is 19.4. The summed E-state index contributed by atoms with van der Waals surface area (Å²) in [5, 5.41) is 28.6. The normalized spacial score (nSPS) is 13.2. The predicted octanol–water partition coefficient (Wildman–Crippen LogP) is 4.16. The molecular weight excluding hydrogens is 441 g/mol. The number of rotatable bonds is 4. The molecule has 0 aliphatic heterocycles. The number of aromatic amines is 1. The van der Waals surface area contributed by atoms with Crippen LogP contribution in [0.25, 0.3) is 16.8 Å². The fraction of sp³-hybridized carbons (Fsp3) is 0.409. The number of nitrogens with zero attached hydrogens (tertiary/aromatic N) is 6. The van der Waals surface area contributed by atoms with Crippen molar-refractivity contribution in [1.29, 1.82) is 0 Å². The third-order valence-electron chi connectivity index (χ3n) is 4.84. The Bertz CT molecular complexity index is 1160. The molecule has 5 rings (SSSR count). The highest BCUT2D eigenvalue weighted by molar-refractivity contribution is 5.74. The van der Waals surface area contributed by atoms with Crippen LogP contribution in [0.1, 0.15) is 39.5 Å². The number of hydrogen-bond acceptors (Lipinski definition) is 6. The highest BCUT2D eigenvalue weighted by Crippen LogP contribution is 2.24. The number of fused-ring (bicyclic) bond motifs is 1. The number of alkyl halides is 1. The quantitative estimate of drug-likeness (QED) is 0.351. The van der Waals surface area contributed by atoms with E-state index in [0.29, 0.717) is 5.82 Å². The first-order valence-electron chi connectivity index (χ1n) is 11.0. The van der Waals surface area contributed by atoms with Crippen molar-refractivity contribution in [2.45, 2.75) is 51.7 Å². The molecule has 182 valence electrons. The van der Waals surface area contributed by atoms with Gasteiger partial charge in [-0.3, -0.25) is 9.78 Å². The summed E-state index contributed by atoms with van der Waals surface area (Å²) < 4.78 is 15.5. The zero-order chi connectivity index (χ0) is 24.5. The summed E-state index contributed by atoms with van der Waals surface area (Å²) in [4.78, 5) is 14.4. The molecule has 4 aromatic heterocycles. The third-order valence-corrected chi connectivity index (χ3v) is 4.84. The molecule has 0 spiro atoms. The summed E-state index contributed by atoms with van der Waals surface area (Å²) in [7, 11) is 1.87. The Kier molecular flexibility index (Phi) is 8.54. The summed E-state index contributed by atoms with van der Waals surface area (Å²) in [6.45, 7) is 3.54. The van der Waals surface area contributed by atoms with Crippen molar-refractivity contribution in [1.82, 2.24) is 39.9 Å². The molecule has 4 heterocycles. The van der Waals surface area contributed by atoms with Gasteiger partial charge in [-0.25, -0.2) is 18.7 Å². The van der Waals surface area contributed by atoms with E-state index in [-0.39, 0.29) is 6.04 Å². The molecule has 11 nitrogen and oxygen atoms in total. The zero-order valence-electron chi connectivity index (χ0n) is 19.4. The molecule has 12 heteroatoms. The number of nitrogens with one attached hydrogen (secondary N) is 3. The van der Waals surface area contributed by atoms with Crippen LogP contribution < -0.4 is 10.6 Å². The average molecular weight is 472 g/mol. The molecular formula is C22H30FN9O2. The molecule has 0 radical (unpaired) electrons. The minimum Gasteiger partial charge on any atom is -0.465 e. The van der Waals surface area contributed by atoms with Crippen molar-refractivity contribution >= 4 is 23.2 Å².